The number of thioether (sulfide) groups is 1. The monoisotopic (exact) mass is 456 g/mol. The van der Waals surface area contributed by atoms with Crippen LogP contribution in [-0.4, -0.2) is 77.6 Å². The lowest BCUT2D eigenvalue weighted by Gasteiger charge is -2.16. The van der Waals surface area contributed by atoms with Crippen molar-refractivity contribution in [1.29, 1.82) is 0 Å². The lowest BCUT2D eigenvalue weighted by Crippen LogP contribution is -2.36. The average Bonchev–Trinajstić information content (AvgIpc) is 3.38. The normalized spacial score (nSPS) is 24.7. The number of hydrogen-bond acceptors (Lipinski definition) is 8. The first-order valence-corrected chi connectivity index (χ1v) is 11.6. The lowest BCUT2D eigenvalue weighted by atomic mass is 10.0. The molecule has 3 aliphatic heterocycles. The molecule has 3 heterocycles. The number of hydrogen-bond donors (Lipinski definition) is 3. The van der Waals surface area contributed by atoms with Crippen LogP contribution in [0.25, 0.3) is 0 Å². The van der Waals surface area contributed by atoms with Gasteiger partial charge in [0.05, 0.1) is 31.7 Å². The van der Waals surface area contributed by atoms with Crippen LogP contribution in [0.1, 0.15) is 44.9 Å². The van der Waals surface area contributed by atoms with E-state index in [-0.39, 0.29) is 56.5 Å². The van der Waals surface area contributed by atoms with Gasteiger partial charge in [0, 0.05) is 36.8 Å². The van der Waals surface area contributed by atoms with Gasteiger partial charge in [-0.25, -0.2) is 9.59 Å². The van der Waals surface area contributed by atoms with Crippen LogP contribution in [0.5, 0.6) is 0 Å². The second kappa shape index (κ2) is 11.3. The summed E-state index contributed by atoms with van der Waals surface area (Å²) in [5.41, 5.74) is 0. The number of carbonyl (C=O) groups excluding carboxylic acids is 5. The molecule has 0 saturated carbocycles. The Labute approximate surface area is 184 Å². The van der Waals surface area contributed by atoms with Gasteiger partial charge >= 0.3 is 12.0 Å². The van der Waals surface area contributed by atoms with E-state index in [1.165, 1.54) is 0 Å². The smallest absolute Gasteiger partial charge is 0.335 e. The number of unbranched alkanes of at least 4 members (excludes halogenated alkanes) is 1. The minimum atomic E-state index is -0.715. The molecule has 3 rings (SSSR count). The third-order valence-corrected chi connectivity index (χ3v) is 6.81. The van der Waals surface area contributed by atoms with E-state index in [9.17, 15) is 24.0 Å². The Morgan fingerprint density at radius 1 is 1.06 bits per heavy atom. The molecular formula is C19H28N4O7S. The predicted octanol–water partition coefficient (Wildman–Crippen LogP) is -0.158. The van der Waals surface area contributed by atoms with Crippen molar-refractivity contribution in [2.45, 2.75) is 62.3 Å². The highest BCUT2D eigenvalue weighted by Gasteiger charge is 2.42. The molecule has 3 N–H and O–H groups in total. The summed E-state index contributed by atoms with van der Waals surface area (Å²) in [6.45, 7) is 0.642. The van der Waals surface area contributed by atoms with E-state index in [1.807, 2.05) is 11.8 Å². The first-order chi connectivity index (χ1) is 14.9. The molecule has 31 heavy (non-hydrogen) atoms. The van der Waals surface area contributed by atoms with Gasteiger partial charge in [-0.15, -0.1) is 5.06 Å². The van der Waals surface area contributed by atoms with E-state index in [1.54, 1.807) is 0 Å². The molecule has 12 heteroatoms. The fourth-order valence-electron chi connectivity index (χ4n) is 3.69. The Hall–Kier alpha value is -2.34. The summed E-state index contributed by atoms with van der Waals surface area (Å²) in [6.07, 6.45) is 3.11. The van der Waals surface area contributed by atoms with Crippen molar-refractivity contribution in [3.8, 4) is 0 Å². The van der Waals surface area contributed by atoms with Gasteiger partial charge in [0.2, 0.25) is 5.91 Å². The van der Waals surface area contributed by atoms with Crippen molar-refractivity contribution >= 4 is 41.5 Å². The van der Waals surface area contributed by atoms with E-state index < -0.39 is 17.8 Å². The average molecular weight is 457 g/mol. The van der Waals surface area contributed by atoms with Crippen molar-refractivity contribution in [3.05, 3.63) is 0 Å². The fraction of sp³-hybridized carbons (Fsp3) is 0.737. The molecule has 5 amide bonds. The molecule has 3 saturated heterocycles. The first kappa shape index (κ1) is 23.3. The zero-order valence-electron chi connectivity index (χ0n) is 17.2. The lowest BCUT2D eigenvalue weighted by molar-refractivity contribution is -0.198. The molecule has 3 atom stereocenters. The number of rotatable bonds is 12. The molecule has 0 aromatic rings. The largest absolute Gasteiger partial charge is 0.379 e. The number of nitrogens with zero attached hydrogens (tertiary/aromatic N) is 1. The summed E-state index contributed by atoms with van der Waals surface area (Å²) >= 11 is 1.86. The predicted molar refractivity (Wildman–Crippen MR) is 110 cm³/mol. The number of fused-ring (bicyclic) bond motifs is 1. The van der Waals surface area contributed by atoms with Crippen molar-refractivity contribution in [1.82, 2.24) is 21.0 Å². The standard InChI is InChI=1S/C19H28N4O7S/c24-14(4-2-1-3-13-18-12(11-31-13)21-19(28)22-18)20-8-10-29-9-7-17(27)30-23-15(25)5-6-16(23)26/h12-13,18H,1-11H2,(H,20,24)(H2,21,22,28)/t12-,13?,18-/m0/s1. The third-order valence-electron chi connectivity index (χ3n) is 5.30. The summed E-state index contributed by atoms with van der Waals surface area (Å²) in [5, 5.41) is 9.55. The molecular weight excluding hydrogens is 428 g/mol. The van der Waals surface area contributed by atoms with Gasteiger partial charge in [-0.3, -0.25) is 14.4 Å². The van der Waals surface area contributed by atoms with Gasteiger partial charge in [0.1, 0.15) is 0 Å². The molecule has 1 unspecified atom stereocenters. The minimum absolute atomic E-state index is 0.0538. The number of ether oxygens (including phenoxy) is 1. The molecule has 0 aromatic carbocycles. The fourth-order valence-corrected chi connectivity index (χ4v) is 5.23. The van der Waals surface area contributed by atoms with Gasteiger partial charge in [-0.2, -0.15) is 11.8 Å². The number of imide groups is 1. The Balaban J connectivity index is 1.15. The summed E-state index contributed by atoms with van der Waals surface area (Å²) in [4.78, 5) is 62.3. The minimum Gasteiger partial charge on any atom is -0.379 e. The van der Waals surface area contributed by atoms with E-state index >= 15 is 0 Å². The Kier molecular flexibility index (Phi) is 8.52. The van der Waals surface area contributed by atoms with Gasteiger partial charge < -0.3 is 25.5 Å². The number of nitrogens with one attached hydrogen (secondary N) is 3. The molecule has 172 valence electrons. The Bertz CT molecular complexity index is 703. The number of amides is 5. The van der Waals surface area contributed by atoms with Crippen LogP contribution >= 0.6 is 11.8 Å². The Morgan fingerprint density at radius 2 is 1.84 bits per heavy atom. The molecule has 0 aromatic heterocycles. The number of hydroxylamine groups is 2. The maximum atomic E-state index is 11.9. The van der Waals surface area contributed by atoms with Crippen LogP contribution in [-0.2, 0) is 28.8 Å². The summed E-state index contributed by atoms with van der Waals surface area (Å²) in [7, 11) is 0. The third kappa shape index (κ3) is 6.82. The van der Waals surface area contributed by atoms with Crippen molar-refractivity contribution < 1.29 is 33.5 Å². The van der Waals surface area contributed by atoms with Crippen molar-refractivity contribution in [2.75, 3.05) is 25.5 Å². The van der Waals surface area contributed by atoms with Gasteiger partial charge in [0.25, 0.3) is 11.8 Å². The van der Waals surface area contributed by atoms with Gasteiger partial charge in [-0.05, 0) is 12.8 Å². The second-order valence-corrected chi connectivity index (χ2v) is 8.90. The highest BCUT2D eigenvalue weighted by molar-refractivity contribution is 8.00. The van der Waals surface area contributed by atoms with Gasteiger partial charge in [0.15, 0.2) is 0 Å². The van der Waals surface area contributed by atoms with E-state index in [4.69, 9.17) is 9.57 Å². The highest BCUT2D eigenvalue weighted by Crippen LogP contribution is 2.33. The maximum absolute atomic E-state index is 11.9. The summed E-state index contributed by atoms with van der Waals surface area (Å²) in [5.74, 6) is -0.874. The maximum Gasteiger partial charge on any atom is 0.335 e. The van der Waals surface area contributed by atoms with Crippen LogP contribution in [0.3, 0.4) is 0 Å². The molecule has 0 bridgehead atoms. The number of carbonyl (C=O) groups is 5. The van der Waals surface area contributed by atoms with E-state index in [0.717, 1.165) is 25.0 Å². The highest BCUT2D eigenvalue weighted by atomic mass is 32.2. The molecule has 3 aliphatic rings. The zero-order valence-corrected chi connectivity index (χ0v) is 18.0. The molecule has 0 spiro atoms. The topological polar surface area (TPSA) is 143 Å². The van der Waals surface area contributed by atoms with Crippen molar-refractivity contribution in [3.63, 3.8) is 0 Å². The quantitative estimate of drug-likeness (QED) is 0.209. The number of urea groups is 1. The first-order valence-electron chi connectivity index (χ1n) is 10.5. The van der Waals surface area contributed by atoms with Gasteiger partial charge in [-0.1, -0.05) is 6.42 Å². The van der Waals surface area contributed by atoms with Crippen LogP contribution in [0.2, 0.25) is 0 Å². The zero-order chi connectivity index (χ0) is 22.2. The van der Waals surface area contributed by atoms with Crippen LogP contribution < -0.4 is 16.0 Å². The Morgan fingerprint density at radius 3 is 2.61 bits per heavy atom. The molecule has 3 fully saturated rings. The van der Waals surface area contributed by atoms with Crippen LogP contribution in [0.15, 0.2) is 0 Å². The summed E-state index contributed by atoms with van der Waals surface area (Å²) in [6, 6.07) is 0.325. The van der Waals surface area contributed by atoms with Crippen LogP contribution in [0.4, 0.5) is 4.79 Å². The van der Waals surface area contributed by atoms with E-state index in [0.29, 0.717) is 23.3 Å². The second-order valence-electron chi connectivity index (χ2n) is 7.63. The van der Waals surface area contributed by atoms with E-state index in [2.05, 4.69) is 16.0 Å². The molecule has 0 radical (unpaired) electrons. The SMILES string of the molecule is O=C(CCCCC1SC[C@@H]2NC(=O)N[C@H]12)NCCOCCC(=O)ON1C(=O)CCC1=O. The van der Waals surface area contributed by atoms with Crippen LogP contribution in [0, 0.1) is 0 Å². The molecule has 0 aliphatic carbocycles. The summed E-state index contributed by atoms with van der Waals surface area (Å²) < 4.78 is 5.27. The molecule has 11 nitrogen and oxygen atoms in total. The van der Waals surface area contributed by atoms with Crippen molar-refractivity contribution in [2.24, 2.45) is 0 Å².